The SMILES string of the molecule is COc1cccc(-c2cc(C(=O)N3CCC4C(=O)N(C)CC(=O)N(C)C4C3)[nH]n2)c1. The Morgan fingerprint density at radius 2 is 2.03 bits per heavy atom. The van der Waals surface area contributed by atoms with Gasteiger partial charge in [-0.3, -0.25) is 19.5 Å². The molecule has 0 bridgehead atoms. The number of H-pyrrole nitrogens is 1. The van der Waals surface area contributed by atoms with Gasteiger partial charge < -0.3 is 19.4 Å². The van der Waals surface area contributed by atoms with Crippen LogP contribution in [0.4, 0.5) is 0 Å². The van der Waals surface area contributed by atoms with Crippen molar-refractivity contribution >= 4 is 17.7 Å². The van der Waals surface area contributed by atoms with E-state index in [-0.39, 0.29) is 36.2 Å². The fourth-order valence-corrected chi connectivity index (χ4v) is 4.19. The third-order valence-corrected chi connectivity index (χ3v) is 6.00. The molecule has 1 N–H and O–H groups in total. The molecule has 0 radical (unpaired) electrons. The summed E-state index contributed by atoms with van der Waals surface area (Å²) >= 11 is 0. The number of nitrogens with zero attached hydrogens (tertiary/aromatic N) is 4. The second-order valence-electron chi connectivity index (χ2n) is 7.81. The molecule has 2 aliphatic heterocycles. The number of hydrogen-bond acceptors (Lipinski definition) is 5. The maximum absolute atomic E-state index is 13.1. The van der Waals surface area contributed by atoms with Crippen molar-refractivity contribution in [1.29, 1.82) is 0 Å². The van der Waals surface area contributed by atoms with Gasteiger partial charge in [-0.1, -0.05) is 12.1 Å². The highest BCUT2D eigenvalue weighted by Crippen LogP contribution is 2.28. The number of nitrogens with one attached hydrogen (secondary N) is 1. The number of amides is 3. The van der Waals surface area contributed by atoms with Crippen LogP contribution in [-0.2, 0) is 9.59 Å². The number of likely N-dealkylation sites (N-methyl/N-ethyl adjacent to an activating group) is 2. The van der Waals surface area contributed by atoms with E-state index in [1.165, 1.54) is 4.90 Å². The van der Waals surface area contributed by atoms with E-state index < -0.39 is 0 Å². The summed E-state index contributed by atoms with van der Waals surface area (Å²) in [6, 6.07) is 8.84. The second-order valence-corrected chi connectivity index (χ2v) is 7.81. The van der Waals surface area contributed by atoms with E-state index in [0.29, 0.717) is 36.6 Å². The van der Waals surface area contributed by atoms with Crippen molar-refractivity contribution in [3.05, 3.63) is 36.0 Å². The first-order valence-electron chi connectivity index (χ1n) is 9.88. The molecular weight excluding hydrogens is 386 g/mol. The molecule has 2 unspecified atom stereocenters. The third kappa shape index (κ3) is 3.51. The van der Waals surface area contributed by atoms with Gasteiger partial charge in [0.2, 0.25) is 11.8 Å². The summed E-state index contributed by atoms with van der Waals surface area (Å²) in [5, 5.41) is 7.09. The number of piperidine rings is 1. The van der Waals surface area contributed by atoms with E-state index in [2.05, 4.69) is 10.2 Å². The van der Waals surface area contributed by atoms with E-state index in [9.17, 15) is 14.4 Å². The number of ether oxygens (including phenoxy) is 1. The Labute approximate surface area is 174 Å². The zero-order valence-corrected chi connectivity index (χ0v) is 17.3. The molecular formula is C21H25N5O4. The lowest BCUT2D eigenvalue weighted by Gasteiger charge is -2.40. The smallest absolute Gasteiger partial charge is 0.271 e. The van der Waals surface area contributed by atoms with Gasteiger partial charge in [0.15, 0.2) is 0 Å². The third-order valence-electron chi connectivity index (χ3n) is 6.00. The molecule has 9 nitrogen and oxygen atoms in total. The van der Waals surface area contributed by atoms with Crippen LogP contribution < -0.4 is 4.74 Å². The molecule has 1 aromatic carbocycles. The van der Waals surface area contributed by atoms with Crippen molar-refractivity contribution in [1.82, 2.24) is 24.9 Å². The topological polar surface area (TPSA) is 98.8 Å². The number of rotatable bonds is 3. The first-order chi connectivity index (χ1) is 14.4. The second kappa shape index (κ2) is 7.81. The predicted molar refractivity (Wildman–Crippen MR) is 109 cm³/mol. The normalized spacial score (nSPS) is 22.0. The molecule has 0 spiro atoms. The van der Waals surface area contributed by atoms with Crippen LogP contribution in [0.25, 0.3) is 11.3 Å². The number of methoxy groups -OCH3 is 1. The predicted octanol–water partition coefficient (Wildman–Crippen LogP) is 0.846. The lowest BCUT2D eigenvalue weighted by Crippen LogP contribution is -2.55. The first kappa shape index (κ1) is 19.9. The molecule has 0 saturated carbocycles. The Balaban J connectivity index is 1.53. The van der Waals surface area contributed by atoms with Crippen LogP contribution in [0.3, 0.4) is 0 Å². The Morgan fingerprint density at radius 1 is 1.23 bits per heavy atom. The van der Waals surface area contributed by atoms with E-state index >= 15 is 0 Å². The number of aromatic nitrogens is 2. The number of hydrogen-bond donors (Lipinski definition) is 1. The minimum Gasteiger partial charge on any atom is -0.497 e. The van der Waals surface area contributed by atoms with Gasteiger partial charge in [0.25, 0.3) is 5.91 Å². The average molecular weight is 411 g/mol. The van der Waals surface area contributed by atoms with Gasteiger partial charge in [-0.25, -0.2) is 0 Å². The fourth-order valence-electron chi connectivity index (χ4n) is 4.19. The summed E-state index contributed by atoms with van der Waals surface area (Å²) in [7, 11) is 4.95. The number of fused-ring (bicyclic) bond motifs is 1. The quantitative estimate of drug-likeness (QED) is 0.807. The van der Waals surface area contributed by atoms with Crippen molar-refractivity contribution in [2.75, 3.05) is 40.8 Å². The summed E-state index contributed by atoms with van der Waals surface area (Å²) in [6.45, 7) is 0.842. The molecule has 2 saturated heterocycles. The molecule has 2 atom stereocenters. The standard InChI is InChI=1S/C21H25N5O4/c1-24-12-19(27)25(2)18-11-26(8-7-15(18)20(24)28)21(29)17-10-16(22-23-17)13-5-4-6-14(9-13)30-3/h4-6,9-10,15,18H,7-8,11-12H2,1-3H3,(H,22,23). The monoisotopic (exact) mass is 411 g/mol. The van der Waals surface area contributed by atoms with Crippen LogP contribution in [0.5, 0.6) is 5.75 Å². The number of likely N-dealkylation sites (tertiary alicyclic amines) is 1. The summed E-state index contributed by atoms with van der Waals surface area (Å²) in [5.41, 5.74) is 1.86. The van der Waals surface area contributed by atoms with E-state index in [1.807, 2.05) is 24.3 Å². The largest absolute Gasteiger partial charge is 0.497 e. The molecule has 0 aliphatic carbocycles. The highest BCUT2D eigenvalue weighted by molar-refractivity contribution is 5.94. The average Bonchev–Trinajstić information content (AvgIpc) is 3.24. The van der Waals surface area contributed by atoms with Gasteiger partial charge in [0, 0.05) is 32.7 Å². The molecule has 2 fully saturated rings. The molecule has 1 aromatic heterocycles. The van der Waals surface area contributed by atoms with Crippen LogP contribution >= 0.6 is 0 Å². The van der Waals surface area contributed by atoms with Crippen molar-refractivity contribution in [3.8, 4) is 17.0 Å². The van der Waals surface area contributed by atoms with Crippen molar-refractivity contribution in [3.63, 3.8) is 0 Å². The lowest BCUT2D eigenvalue weighted by molar-refractivity contribution is -0.136. The lowest BCUT2D eigenvalue weighted by atomic mass is 9.89. The molecule has 3 heterocycles. The number of benzene rings is 1. The van der Waals surface area contributed by atoms with Crippen LogP contribution in [0.1, 0.15) is 16.9 Å². The minimum atomic E-state index is -0.326. The Hall–Kier alpha value is -3.36. The minimum absolute atomic E-state index is 0.0355. The van der Waals surface area contributed by atoms with Gasteiger partial charge in [-0.15, -0.1) is 0 Å². The molecule has 2 aromatic rings. The van der Waals surface area contributed by atoms with Crippen molar-refractivity contribution in [2.45, 2.75) is 12.5 Å². The summed E-state index contributed by atoms with van der Waals surface area (Å²) < 4.78 is 5.24. The Bertz CT molecular complexity index is 987. The van der Waals surface area contributed by atoms with Gasteiger partial charge in [0.05, 0.1) is 31.3 Å². The molecule has 158 valence electrons. The summed E-state index contributed by atoms with van der Waals surface area (Å²) in [4.78, 5) is 42.9. The maximum Gasteiger partial charge on any atom is 0.271 e. The highest BCUT2D eigenvalue weighted by atomic mass is 16.5. The molecule has 3 amide bonds. The van der Waals surface area contributed by atoms with Gasteiger partial charge in [-0.2, -0.15) is 5.10 Å². The van der Waals surface area contributed by atoms with Crippen molar-refractivity contribution < 1.29 is 19.1 Å². The van der Waals surface area contributed by atoms with Crippen LogP contribution in [0.2, 0.25) is 0 Å². The zero-order valence-electron chi connectivity index (χ0n) is 17.3. The molecule has 30 heavy (non-hydrogen) atoms. The fraction of sp³-hybridized carbons (Fsp3) is 0.429. The summed E-state index contributed by atoms with van der Waals surface area (Å²) in [6.07, 6.45) is 0.522. The molecule has 4 rings (SSSR count). The zero-order chi connectivity index (χ0) is 21.4. The van der Waals surface area contributed by atoms with Gasteiger partial charge in [0.1, 0.15) is 11.4 Å². The van der Waals surface area contributed by atoms with Gasteiger partial charge >= 0.3 is 0 Å². The first-order valence-corrected chi connectivity index (χ1v) is 9.88. The van der Waals surface area contributed by atoms with Crippen LogP contribution in [0, 0.1) is 5.92 Å². The van der Waals surface area contributed by atoms with E-state index in [4.69, 9.17) is 4.74 Å². The van der Waals surface area contributed by atoms with Gasteiger partial charge in [-0.05, 0) is 24.6 Å². The maximum atomic E-state index is 13.1. The Kier molecular flexibility index (Phi) is 5.19. The molecule has 9 heteroatoms. The highest BCUT2D eigenvalue weighted by Gasteiger charge is 2.43. The van der Waals surface area contributed by atoms with Crippen LogP contribution in [0.15, 0.2) is 30.3 Å². The van der Waals surface area contributed by atoms with Crippen LogP contribution in [-0.4, -0.2) is 89.5 Å². The Morgan fingerprint density at radius 3 is 2.80 bits per heavy atom. The van der Waals surface area contributed by atoms with E-state index in [0.717, 1.165) is 5.56 Å². The van der Waals surface area contributed by atoms with E-state index in [1.54, 1.807) is 37.1 Å². The number of carbonyl (C=O) groups excluding carboxylic acids is 3. The van der Waals surface area contributed by atoms with Crippen molar-refractivity contribution in [2.24, 2.45) is 5.92 Å². The number of aromatic amines is 1. The molecule has 2 aliphatic rings. The summed E-state index contributed by atoms with van der Waals surface area (Å²) in [5.74, 6) is 0.0768. The number of carbonyl (C=O) groups is 3.